The Bertz CT molecular complexity index is 1170. The van der Waals surface area contributed by atoms with Gasteiger partial charge in [0.05, 0.1) is 17.9 Å². The van der Waals surface area contributed by atoms with Gasteiger partial charge in [-0.15, -0.1) is 5.10 Å². The van der Waals surface area contributed by atoms with Gasteiger partial charge in [0.15, 0.2) is 5.65 Å². The first kappa shape index (κ1) is 19.4. The van der Waals surface area contributed by atoms with Crippen molar-refractivity contribution in [2.75, 3.05) is 11.9 Å². The molecule has 0 aliphatic carbocycles. The standard InChI is InChI=1S/C23H22N4O3/c1-15(2)14-30-19-12-8-16(9-13-19)20-4-3-5-21-25-23(26-27(20)21)24-18-10-6-17(7-11-18)22(28)29/h3-13,15H,14H2,1-2H3,(H,24,26)(H,28,29). The van der Waals surface area contributed by atoms with Gasteiger partial charge in [-0.2, -0.15) is 4.98 Å². The summed E-state index contributed by atoms with van der Waals surface area (Å²) in [5, 5.41) is 16.7. The van der Waals surface area contributed by atoms with Gasteiger partial charge in [-0.05, 0) is 66.6 Å². The zero-order valence-electron chi connectivity index (χ0n) is 16.7. The van der Waals surface area contributed by atoms with Gasteiger partial charge in [0.2, 0.25) is 5.95 Å². The summed E-state index contributed by atoms with van der Waals surface area (Å²) in [5.74, 6) is 0.783. The van der Waals surface area contributed by atoms with Gasteiger partial charge < -0.3 is 15.2 Å². The molecule has 0 unspecified atom stereocenters. The van der Waals surface area contributed by atoms with Gasteiger partial charge in [0, 0.05) is 11.3 Å². The van der Waals surface area contributed by atoms with Crippen molar-refractivity contribution < 1.29 is 14.6 Å². The number of rotatable bonds is 7. The molecule has 2 aromatic carbocycles. The number of aromatic nitrogens is 3. The average Bonchev–Trinajstić information content (AvgIpc) is 3.15. The first-order valence-corrected chi connectivity index (χ1v) is 9.69. The summed E-state index contributed by atoms with van der Waals surface area (Å²) in [6.07, 6.45) is 0. The van der Waals surface area contributed by atoms with Crippen LogP contribution in [0.3, 0.4) is 0 Å². The lowest BCUT2D eigenvalue weighted by Crippen LogP contribution is -2.04. The third-order valence-corrected chi connectivity index (χ3v) is 4.48. The Morgan fingerprint density at radius 2 is 1.80 bits per heavy atom. The van der Waals surface area contributed by atoms with E-state index in [2.05, 4.69) is 29.2 Å². The number of carboxylic acid groups (broad SMARTS) is 1. The molecule has 0 saturated carbocycles. The van der Waals surface area contributed by atoms with Crippen LogP contribution in [0.25, 0.3) is 16.9 Å². The molecular formula is C23H22N4O3. The van der Waals surface area contributed by atoms with Gasteiger partial charge in [-0.1, -0.05) is 19.9 Å². The van der Waals surface area contributed by atoms with Gasteiger partial charge in [-0.3, -0.25) is 0 Å². The summed E-state index contributed by atoms with van der Waals surface area (Å²) >= 11 is 0. The van der Waals surface area contributed by atoms with Crippen molar-refractivity contribution in [2.45, 2.75) is 13.8 Å². The highest BCUT2D eigenvalue weighted by atomic mass is 16.5. The summed E-state index contributed by atoms with van der Waals surface area (Å²) in [6.45, 7) is 4.91. The molecule has 0 aliphatic heterocycles. The third kappa shape index (κ3) is 4.25. The summed E-state index contributed by atoms with van der Waals surface area (Å²) < 4.78 is 7.53. The van der Waals surface area contributed by atoms with E-state index < -0.39 is 5.97 Å². The summed E-state index contributed by atoms with van der Waals surface area (Å²) in [7, 11) is 0. The Morgan fingerprint density at radius 1 is 1.07 bits per heavy atom. The maximum atomic E-state index is 11.0. The molecule has 2 aromatic heterocycles. The third-order valence-electron chi connectivity index (χ3n) is 4.48. The number of carbonyl (C=O) groups is 1. The number of pyridine rings is 1. The van der Waals surface area contributed by atoms with Crippen LogP contribution >= 0.6 is 0 Å². The lowest BCUT2D eigenvalue weighted by Gasteiger charge is -2.09. The fourth-order valence-electron chi connectivity index (χ4n) is 2.99. The molecule has 0 atom stereocenters. The van der Waals surface area contributed by atoms with Gasteiger partial charge in [-0.25, -0.2) is 9.31 Å². The van der Waals surface area contributed by atoms with Crippen LogP contribution in [-0.2, 0) is 0 Å². The van der Waals surface area contributed by atoms with Crippen molar-refractivity contribution >= 4 is 23.3 Å². The van der Waals surface area contributed by atoms with E-state index in [-0.39, 0.29) is 5.56 Å². The topological polar surface area (TPSA) is 88.8 Å². The first-order chi connectivity index (χ1) is 14.5. The highest BCUT2D eigenvalue weighted by Gasteiger charge is 2.10. The second-order valence-electron chi connectivity index (χ2n) is 7.35. The number of anilines is 2. The Hall–Kier alpha value is -3.87. The lowest BCUT2D eigenvalue weighted by molar-refractivity contribution is 0.0697. The van der Waals surface area contributed by atoms with Crippen LogP contribution in [0, 0.1) is 5.92 Å². The number of fused-ring (bicyclic) bond motifs is 1. The van der Waals surface area contributed by atoms with Crippen LogP contribution in [0.4, 0.5) is 11.6 Å². The molecule has 0 spiro atoms. The Morgan fingerprint density at radius 3 is 2.47 bits per heavy atom. The monoisotopic (exact) mass is 402 g/mol. The minimum Gasteiger partial charge on any atom is -0.493 e. The molecule has 30 heavy (non-hydrogen) atoms. The lowest BCUT2D eigenvalue weighted by atomic mass is 10.1. The fraction of sp³-hybridized carbons (Fsp3) is 0.174. The molecule has 0 saturated heterocycles. The number of hydrogen-bond acceptors (Lipinski definition) is 5. The average molecular weight is 402 g/mol. The Labute approximate surface area is 174 Å². The van der Waals surface area contributed by atoms with Crippen molar-refractivity contribution in [2.24, 2.45) is 5.92 Å². The number of hydrogen-bond donors (Lipinski definition) is 2. The van der Waals surface area contributed by atoms with Crippen molar-refractivity contribution in [1.29, 1.82) is 0 Å². The summed E-state index contributed by atoms with van der Waals surface area (Å²) in [4.78, 5) is 15.5. The predicted octanol–water partition coefficient (Wildman–Crippen LogP) is 4.87. The Balaban J connectivity index is 1.58. The molecule has 4 rings (SSSR count). The smallest absolute Gasteiger partial charge is 0.335 e. The van der Waals surface area contributed by atoms with Gasteiger partial charge in [0.1, 0.15) is 5.75 Å². The minimum atomic E-state index is -0.960. The molecule has 7 heteroatoms. The second-order valence-corrected chi connectivity index (χ2v) is 7.35. The normalized spacial score (nSPS) is 11.0. The van der Waals surface area contributed by atoms with Gasteiger partial charge in [0.25, 0.3) is 0 Å². The van der Waals surface area contributed by atoms with Crippen molar-refractivity contribution in [1.82, 2.24) is 14.6 Å². The number of ether oxygens (including phenoxy) is 1. The largest absolute Gasteiger partial charge is 0.493 e. The molecule has 0 aliphatic rings. The molecule has 0 radical (unpaired) electrons. The van der Waals surface area contributed by atoms with E-state index >= 15 is 0 Å². The van der Waals surface area contributed by atoms with E-state index in [0.717, 1.165) is 17.0 Å². The number of carboxylic acids is 1. The van der Waals surface area contributed by atoms with E-state index in [4.69, 9.17) is 9.84 Å². The van der Waals surface area contributed by atoms with Crippen molar-refractivity contribution in [3.8, 4) is 17.0 Å². The molecule has 152 valence electrons. The molecule has 0 fully saturated rings. The molecule has 7 nitrogen and oxygen atoms in total. The fourth-order valence-corrected chi connectivity index (χ4v) is 2.99. The number of nitrogens with zero attached hydrogens (tertiary/aromatic N) is 3. The Kier molecular flexibility index (Phi) is 5.34. The molecule has 0 amide bonds. The maximum Gasteiger partial charge on any atom is 0.335 e. The van der Waals surface area contributed by atoms with E-state index in [1.165, 1.54) is 12.1 Å². The molecule has 2 N–H and O–H groups in total. The van der Waals surface area contributed by atoms with Crippen molar-refractivity contribution in [3.63, 3.8) is 0 Å². The quantitative estimate of drug-likeness (QED) is 0.458. The number of benzene rings is 2. The van der Waals surface area contributed by atoms with Crippen LogP contribution < -0.4 is 10.1 Å². The zero-order valence-corrected chi connectivity index (χ0v) is 16.7. The van der Waals surface area contributed by atoms with E-state index in [9.17, 15) is 4.79 Å². The number of nitrogens with one attached hydrogen (secondary N) is 1. The SMILES string of the molecule is CC(C)COc1ccc(-c2cccc3nc(Nc4ccc(C(=O)O)cc4)nn23)cc1. The summed E-state index contributed by atoms with van der Waals surface area (Å²) in [6, 6.07) is 20.2. The molecular weight excluding hydrogens is 380 g/mol. The maximum absolute atomic E-state index is 11.0. The van der Waals surface area contributed by atoms with Gasteiger partial charge >= 0.3 is 5.97 Å². The van der Waals surface area contributed by atoms with E-state index in [1.54, 1.807) is 16.6 Å². The van der Waals surface area contributed by atoms with Crippen LogP contribution in [0.2, 0.25) is 0 Å². The predicted molar refractivity (Wildman–Crippen MR) is 115 cm³/mol. The van der Waals surface area contributed by atoms with Crippen LogP contribution in [0.5, 0.6) is 5.75 Å². The molecule has 2 heterocycles. The van der Waals surface area contributed by atoms with Crippen LogP contribution in [-0.4, -0.2) is 32.3 Å². The summed E-state index contributed by atoms with van der Waals surface area (Å²) in [5.41, 5.74) is 3.55. The van der Waals surface area contributed by atoms with Crippen LogP contribution in [0.1, 0.15) is 24.2 Å². The minimum absolute atomic E-state index is 0.228. The second kappa shape index (κ2) is 8.24. The zero-order chi connectivity index (χ0) is 21.1. The molecule has 0 bridgehead atoms. The highest BCUT2D eigenvalue weighted by Crippen LogP contribution is 2.24. The molecule has 4 aromatic rings. The first-order valence-electron chi connectivity index (χ1n) is 9.69. The van der Waals surface area contributed by atoms with Crippen molar-refractivity contribution in [3.05, 3.63) is 72.3 Å². The highest BCUT2D eigenvalue weighted by molar-refractivity contribution is 5.88. The van der Waals surface area contributed by atoms with E-state index in [1.807, 2.05) is 42.5 Å². The van der Waals surface area contributed by atoms with Crippen LogP contribution in [0.15, 0.2) is 66.7 Å². The van der Waals surface area contributed by atoms with E-state index in [0.29, 0.717) is 29.8 Å². The number of aromatic carboxylic acids is 1.